The van der Waals surface area contributed by atoms with Gasteiger partial charge in [0.15, 0.2) is 0 Å². The van der Waals surface area contributed by atoms with Crippen molar-refractivity contribution in [2.45, 2.75) is 38.7 Å². The van der Waals surface area contributed by atoms with E-state index in [1.807, 2.05) is 45.0 Å². The third kappa shape index (κ3) is 3.21. The SMILES string of the molecule is COc1ccc(C(C)(C)C(=O)N2CCC(C)C(O)C2)cc1. The van der Waals surface area contributed by atoms with E-state index in [0.29, 0.717) is 6.54 Å². The van der Waals surface area contributed by atoms with Gasteiger partial charge < -0.3 is 14.7 Å². The molecule has 2 atom stereocenters. The molecule has 1 amide bonds. The summed E-state index contributed by atoms with van der Waals surface area (Å²) in [4.78, 5) is 14.6. The molecule has 4 heteroatoms. The molecule has 1 saturated heterocycles. The Morgan fingerprint density at radius 1 is 1.33 bits per heavy atom. The maximum absolute atomic E-state index is 12.8. The van der Waals surface area contributed by atoms with E-state index in [0.717, 1.165) is 24.3 Å². The van der Waals surface area contributed by atoms with Gasteiger partial charge in [-0.3, -0.25) is 4.79 Å². The third-order valence-electron chi connectivity index (χ3n) is 4.55. The molecule has 1 aromatic carbocycles. The van der Waals surface area contributed by atoms with Crippen LogP contribution in [0, 0.1) is 5.92 Å². The number of carbonyl (C=O) groups excluding carboxylic acids is 1. The van der Waals surface area contributed by atoms with E-state index in [1.165, 1.54) is 0 Å². The summed E-state index contributed by atoms with van der Waals surface area (Å²) in [6, 6.07) is 7.61. The van der Waals surface area contributed by atoms with E-state index in [9.17, 15) is 9.90 Å². The largest absolute Gasteiger partial charge is 0.497 e. The first-order valence-electron chi connectivity index (χ1n) is 7.48. The summed E-state index contributed by atoms with van der Waals surface area (Å²) in [7, 11) is 1.63. The number of benzene rings is 1. The first-order chi connectivity index (χ1) is 9.86. The van der Waals surface area contributed by atoms with Crippen LogP contribution in [0.3, 0.4) is 0 Å². The molecule has 1 fully saturated rings. The highest BCUT2D eigenvalue weighted by Crippen LogP contribution is 2.29. The second kappa shape index (κ2) is 6.06. The lowest BCUT2D eigenvalue weighted by Gasteiger charge is -2.38. The molecule has 2 rings (SSSR count). The minimum absolute atomic E-state index is 0.0682. The molecule has 0 spiro atoms. The molecule has 0 aliphatic carbocycles. The topological polar surface area (TPSA) is 49.8 Å². The average molecular weight is 291 g/mol. The van der Waals surface area contributed by atoms with Crippen molar-refractivity contribution in [3.05, 3.63) is 29.8 Å². The summed E-state index contributed by atoms with van der Waals surface area (Å²) >= 11 is 0. The molecule has 4 nitrogen and oxygen atoms in total. The number of nitrogens with zero attached hydrogens (tertiary/aromatic N) is 1. The highest BCUT2D eigenvalue weighted by molar-refractivity contribution is 5.87. The predicted octanol–water partition coefficient (Wildman–Crippen LogP) is 2.20. The molecule has 1 aliphatic heterocycles. The Morgan fingerprint density at radius 3 is 2.48 bits per heavy atom. The molecule has 1 heterocycles. The van der Waals surface area contributed by atoms with Crippen LogP contribution in [0.4, 0.5) is 0 Å². The molecule has 1 aromatic rings. The molecule has 1 N–H and O–H groups in total. The molecule has 2 unspecified atom stereocenters. The number of aliphatic hydroxyl groups is 1. The number of amides is 1. The maximum atomic E-state index is 12.8. The normalized spacial score (nSPS) is 23.0. The molecular weight excluding hydrogens is 266 g/mol. The molecule has 0 aromatic heterocycles. The van der Waals surface area contributed by atoms with Crippen molar-refractivity contribution < 1.29 is 14.6 Å². The van der Waals surface area contributed by atoms with Crippen LogP contribution in [0.2, 0.25) is 0 Å². The quantitative estimate of drug-likeness (QED) is 0.929. The van der Waals surface area contributed by atoms with Gasteiger partial charge in [0.2, 0.25) is 5.91 Å². The third-order valence-corrected chi connectivity index (χ3v) is 4.55. The van der Waals surface area contributed by atoms with Crippen LogP contribution in [0.5, 0.6) is 5.75 Å². The van der Waals surface area contributed by atoms with Gasteiger partial charge in [-0.25, -0.2) is 0 Å². The number of ether oxygens (including phenoxy) is 1. The fourth-order valence-corrected chi connectivity index (χ4v) is 2.76. The zero-order chi connectivity index (χ0) is 15.6. The smallest absolute Gasteiger partial charge is 0.232 e. The van der Waals surface area contributed by atoms with Crippen LogP contribution in [0.15, 0.2) is 24.3 Å². The minimum atomic E-state index is -0.605. The van der Waals surface area contributed by atoms with Crippen molar-refractivity contribution in [1.29, 1.82) is 0 Å². The Labute approximate surface area is 126 Å². The van der Waals surface area contributed by atoms with Crippen molar-refractivity contribution in [1.82, 2.24) is 4.90 Å². The van der Waals surface area contributed by atoms with Gasteiger partial charge in [0.1, 0.15) is 5.75 Å². The Balaban J connectivity index is 2.15. The van der Waals surface area contributed by atoms with Gasteiger partial charge in [0, 0.05) is 13.1 Å². The Morgan fingerprint density at radius 2 is 1.95 bits per heavy atom. The summed E-state index contributed by atoms with van der Waals surface area (Å²) in [5, 5.41) is 9.99. The highest BCUT2D eigenvalue weighted by Gasteiger charge is 2.37. The van der Waals surface area contributed by atoms with Crippen molar-refractivity contribution in [2.75, 3.05) is 20.2 Å². The molecule has 1 aliphatic rings. The van der Waals surface area contributed by atoms with Gasteiger partial charge in [0.25, 0.3) is 0 Å². The number of carbonyl (C=O) groups is 1. The standard InChI is InChI=1S/C17H25NO3/c1-12-9-10-18(11-15(12)19)16(20)17(2,3)13-5-7-14(21-4)8-6-13/h5-8,12,15,19H,9-11H2,1-4H3. The molecule has 0 radical (unpaired) electrons. The van der Waals surface area contributed by atoms with Gasteiger partial charge in [-0.05, 0) is 43.9 Å². The van der Waals surface area contributed by atoms with Gasteiger partial charge in [-0.1, -0.05) is 19.1 Å². The van der Waals surface area contributed by atoms with Gasteiger partial charge in [0.05, 0.1) is 18.6 Å². The lowest BCUT2D eigenvalue weighted by atomic mass is 9.82. The van der Waals surface area contributed by atoms with Crippen LogP contribution in [0.1, 0.15) is 32.8 Å². The van der Waals surface area contributed by atoms with E-state index in [4.69, 9.17) is 4.74 Å². The number of likely N-dealkylation sites (tertiary alicyclic amines) is 1. The zero-order valence-corrected chi connectivity index (χ0v) is 13.3. The van der Waals surface area contributed by atoms with Crippen molar-refractivity contribution in [3.8, 4) is 5.75 Å². The van der Waals surface area contributed by atoms with E-state index in [-0.39, 0.29) is 11.8 Å². The van der Waals surface area contributed by atoms with Gasteiger partial charge in [-0.2, -0.15) is 0 Å². The van der Waals surface area contributed by atoms with E-state index >= 15 is 0 Å². The van der Waals surface area contributed by atoms with Crippen molar-refractivity contribution in [2.24, 2.45) is 5.92 Å². The predicted molar refractivity (Wildman–Crippen MR) is 82.4 cm³/mol. The summed E-state index contributed by atoms with van der Waals surface area (Å²) in [6.07, 6.45) is 0.431. The number of hydrogen-bond donors (Lipinski definition) is 1. The first kappa shape index (κ1) is 15.8. The molecule has 0 bridgehead atoms. The summed E-state index contributed by atoms with van der Waals surface area (Å²) in [6.45, 7) is 7.04. The zero-order valence-electron chi connectivity index (χ0n) is 13.3. The summed E-state index contributed by atoms with van der Waals surface area (Å²) in [5.41, 5.74) is 0.355. The van der Waals surface area contributed by atoms with E-state index in [2.05, 4.69) is 0 Å². The van der Waals surface area contributed by atoms with Crippen molar-refractivity contribution >= 4 is 5.91 Å². The lowest BCUT2D eigenvalue weighted by molar-refractivity contribution is -0.140. The second-order valence-corrected chi connectivity index (χ2v) is 6.44. The van der Waals surface area contributed by atoms with Crippen LogP contribution in [0.25, 0.3) is 0 Å². The number of piperidine rings is 1. The van der Waals surface area contributed by atoms with Gasteiger partial charge >= 0.3 is 0 Å². The van der Waals surface area contributed by atoms with E-state index < -0.39 is 11.5 Å². The number of rotatable bonds is 3. The number of methoxy groups -OCH3 is 1. The molecule has 0 saturated carbocycles. The summed E-state index contributed by atoms with van der Waals surface area (Å²) in [5.74, 6) is 1.11. The molecule has 21 heavy (non-hydrogen) atoms. The Hall–Kier alpha value is -1.55. The highest BCUT2D eigenvalue weighted by atomic mass is 16.5. The van der Waals surface area contributed by atoms with Crippen LogP contribution >= 0.6 is 0 Å². The molecular formula is C17H25NO3. The number of β-amino-alcohol motifs (C(OH)–C–C–N with tert-alkyl or cyclic N) is 1. The molecule has 116 valence electrons. The van der Waals surface area contributed by atoms with Gasteiger partial charge in [-0.15, -0.1) is 0 Å². The number of aliphatic hydroxyl groups excluding tert-OH is 1. The average Bonchev–Trinajstić information content (AvgIpc) is 2.49. The second-order valence-electron chi connectivity index (χ2n) is 6.44. The summed E-state index contributed by atoms with van der Waals surface area (Å²) < 4.78 is 5.16. The van der Waals surface area contributed by atoms with Crippen molar-refractivity contribution in [3.63, 3.8) is 0 Å². The minimum Gasteiger partial charge on any atom is -0.497 e. The fourth-order valence-electron chi connectivity index (χ4n) is 2.76. The lowest BCUT2D eigenvalue weighted by Crippen LogP contribution is -2.51. The van der Waals surface area contributed by atoms with Crippen LogP contribution in [-0.2, 0) is 10.2 Å². The number of hydrogen-bond acceptors (Lipinski definition) is 3. The maximum Gasteiger partial charge on any atom is 0.232 e. The Kier molecular flexibility index (Phi) is 4.57. The van der Waals surface area contributed by atoms with Crippen LogP contribution < -0.4 is 4.74 Å². The Bertz CT molecular complexity index is 495. The monoisotopic (exact) mass is 291 g/mol. The van der Waals surface area contributed by atoms with E-state index in [1.54, 1.807) is 12.0 Å². The fraction of sp³-hybridized carbons (Fsp3) is 0.588. The van der Waals surface area contributed by atoms with Crippen LogP contribution in [-0.4, -0.2) is 42.2 Å². The first-order valence-corrected chi connectivity index (χ1v) is 7.48.